The Kier molecular flexibility index (Phi) is 4.42. The number of aromatic nitrogens is 2. The predicted molar refractivity (Wildman–Crippen MR) is 64.1 cm³/mol. The Morgan fingerprint density at radius 2 is 2.14 bits per heavy atom. The van der Waals surface area contributed by atoms with Crippen molar-refractivity contribution in [2.24, 2.45) is 0 Å². The molecule has 12 heteroatoms. The van der Waals surface area contributed by atoms with Gasteiger partial charge in [0.2, 0.25) is 0 Å². The van der Waals surface area contributed by atoms with E-state index in [1.54, 1.807) is 0 Å². The van der Waals surface area contributed by atoms with Crippen LogP contribution < -0.4 is 11.2 Å². The summed E-state index contributed by atoms with van der Waals surface area (Å²) in [6.45, 7) is -0.763. The molecule has 1 aliphatic rings. The summed E-state index contributed by atoms with van der Waals surface area (Å²) in [5.41, 5.74) is -1.63. The minimum atomic E-state index is -4.80. The van der Waals surface area contributed by atoms with E-state index in [-0.39, 0.29) is 0 Å². The Labute approximate surface area is 116 Å². The van der Waals surface area contributed by atoms with Crippen LogP contribution in [0, 0.1) is 0 Å². The number of ether oxygens (including phenoxy) is 1. The fraction of sp³-hybridized carbons (Fsp3) is 0.556. The molecule has 0 saturated carbocycles. The minimum Gasteiger partial charge on any atom is -0.387 e. The highest BCUT2D eigenvalue weighted by Gasteiger charge is 2.46. The molecule has 1 aliphatic heterocycles. The van der Waals surface area contributed by atoms with E-state index in [1.807, 2.05) is 4.98 Å². The van der Waals surface area contributed by atoms with Gasteiger partial charge >= 0.3 is 13.5 Å². The van der Waals surface area contributed by atoms with Gasteiger partial charge in [0, 0.05) is 12.3 Å². The van der Waals surface area contributed by atoms with Crippen molar-refractivity contribution >= 4 is 7.82 Å². The molecule has 21 heavy (non-hydrogen) atoms. The first-order valence-corrected chi connectivity index (χ1v) is 7.21. The Morgan fingerprint density at radius 3 is 2.71 bits per heavy atom. The number of nitrogens with one attached hydrogen (secondary N) is 1. The second-order valence-corrected chi connectivity index (χ2v) is 5.54. The summed E-state index contributed by atoms with van der Waals surface area (Å²) < 4.78 is 34.4. The molecule has 2 heterocycles. The predicted octanol–water partition coefficient (Wildman–Crippen LogP) is -1.76. The highest BCUT2D eigenvalue weighted by molar-refractivity contribution is 7.46. The van der Waals surface area contributed by atoms with Crippen LogP contribution in [-0.4, -0.2) is 49.4 Å². The maximum absolute atomic E-state index is 13.9. The van der Waals surface area contributed by atoms with Crippen molar-refractivity contribution in [2.45, 2.75) is 24.6 Å². The van der Waals surface area contributed by atoms with E-state index in [0.29, 0.717) is 4.57 Å². The van der Waals surface area contributed by atoms with Gasteiger partial charge in [0.1, 0.15) is 12.2 Å². The molecule has 0 amide bonds. The minimum absolute atomic E-state index is 0.688. The van der Waals surface area contributed by atoms with Crippen LogP contribution in [0.1, 0.15) is 6.23 Å². The van der Waals surface area contributed by atoms with E-state index < -0.39 is 50.3 Å². The molecule has 1 aromatic heterocycles. The van der Waals surface area contributed by atoms with Crippen LogP contribution in [0.25, 0.3) is 0 Å². The second kappa shape index (κ2) is 5.79. The normalized spacial score (nSPS) is 29.7. The number of rotatable bonds is 4. The lowest BCUT2D eigenvalue weighted by Crippen LogP contribution is -2.35. The first kappa shape index (κ1) is 16.0. The van der Waals surface area contributed by atoms with Gasteiger partial charge in [-0.25, -0.2) is 13.8 Å². The molecule has 0 unspecified atom stereocenters. The van der Waals surface area contributed by atoms with E-state index >= 15 is 0 Å². The third kappa shape index (κ3) is 3.64. The summed E-state index contributed by atoms with van der Waals surface area (Å²) in [4.78, 5) is 41.4. The van der Waals surface area contributed by atoms with Gasteiger partial charge in [0.05, 0.1) is 6.61 Å². The van der Waals surface area contributed by atoms with Crippen LogP contribution >= 0.6 is 7.82 Å². The molecule has 2 rings (SSSR count). The number of alkyl halides is 1. The fourth-order valence-electron chi connectivity index (χ4n) is 1.86. The molecular weight excluding hydrogens is 314 g/mol. The zero-order valence-corrected chi connectivity index (χ0v) is 11.2. The average Bonchev–Trinajstić information content (AvgIpc) is 2.64. The van der Waals surface area contributed by atoms with Gasteiger partial charge in [-0.05, 0) is 0 Å². The van der Waals surface area contributed by atoms with Crippen molar-refractivity contribution in [2.75, 3.05) is 6.61 Å². The maximum atomic E-state index is 13.9. The van der Waals surface area contributed by atoms with E-state index in [1.165, 1.54) is 0 Å². The molecule has 0 aromatic carbocycles. The second-order valence-electron chi connectivity index (χ2n) is 4.30. The van der Waals surface area contributed by atoms with Gasteiger partial charge < -0.3 is 19.6 Å². The lowest BCUT2D eigenvalue weighted by Gasteiger charge is -2.15. The molecule has 10 nitrogen and oxygen atoms in total. The lowest BCUT2D eigenvalue weighted by molar-refractivity contribution is -0.0483. The Balaban J connectivity index is 2.18. The van der Waals surface area contributed by atoms with Crippen molar-refractivity contribution < 1.29 is 33.1 Å². The summed E-state index contributed by atoms with van der Waals surface area (Å²) in [6, 6.07) is 0.962. The summed E-state index contributed by atoms with van der Waals surface area (Å²) in [7, 11) is -4.80. The third-order valence-corrected chi connectivity index (χ3v) is 3.31. The zero-order valence-electron chi connectivity index (χ0n) is 10.3. The standard InChI is InChI=1S/C9H12FN2O8P/c10-6-7(14)4(3-19-21(16,17)18)20-8(6)12-2-1-5(13)11-9(12)15/h1-2,4,6-8,14H,3H2,(H,11,13,15)(H2,16,17,18)/t4-,6-,7+,8-/m1/s1. The summed E-state index contributed by atoms with van der Waals surface area (Å²) in [5.74, 6) is 0. The number of nitrogens with zero attached hydrogens (tertiary/aromatic N) is 1. The number of phosphoric acid groups is 1. The van der Waals surface area contributed by atoms with E-state index in [2.05, 4.69) is 4.52 Å². The Bertz CT molecular complexity index is 668. The lowest BCUT2D eigenvalue weighted by atomic mass is 10.1. The number of aromatic amines is 1. The molecule has 1 fully saturated rings. The largest absolute Gasteiger partial charge is 0.469 e. The zero-order chi connectivity index (χ0) is 15.8. The third-order valence-electron chi connectivity index (χ3n) is 2.83. The summed E-state index contributed by atoms with van der Waals surface area (Å²) in [6.07, 6.45) is -5.73. The van der Waals surface area contributed by atoms with Crippen LogP contribution in [0.5, 0.6) is 0 Å². The van der Waals surface area contributed by atoms with E-state index in [9.17, 15) is 23.7 Å². The number of aliphatic hydroxyl groups is 1. The van der Waals surface area contributed by atoms with Gasteiger partial charge in [0.15, 0.2) is 12.4 Å². The smallest absolute Gasteiger partial charge is 0.387 e. The average molecular weight is 326 g/mol. The molecule has 0 bridgehead atoms. The van der Waals surface area contributed by atoms with Crippen molar-refractivity contribution in [1.29, 1.82) is 0 Å². The first-order valence-electron chi connectivity index (χ1n) is 5.68. The maximum Gasteiger partial charge on any atom is 0.469 e. The highest BCUT2D eigenvalue weighted by Crippen LogP contribution is 2.38. The quantitative estimate of drug-likeness (QED) is 0.475. The first-order chi connectivity index (χ1) is 9.69. The number of H-pyrrole nitrogens is 1. The molecule has 0 radical (unpaired) electrons. The van der Waals surface area contributed by atoms with Crippen LogP contribution in [0.3, 0.4) is 0 Å². The molecule has 1 aromatic rings. The fourth-order valence-corrected chi connectivity index (χ4v) is 2.20. The monoisotopic (exact) mass is 326 g/mol. The molecule has 0 aliphatic carbocycles. The SMILES string of the molecule is O=c1ccn([C@@H]2O[C@H](COP(=O)(O)O)[C@H](O)[C@H]2F)c(=O)[nH]1. The van der Waals surface area contributed by atoms with Gasteiger partial charge in [-0.1, -0.05) is 0 Å². The van der Waals surface area contributed by atoms with Crippen LogP contribution in [0.15, 0.2) is 21.9 Å². The molecular formula is C9H12FN2O8P. The van der Waals surface area contributed by atoms with Crippen LogP contribution in [-0.2, 0) is 13.8 Å². The topological polar surface area (TPSA) is 151 Å². The molecule has 1 saturated heterocycles. The van der Waals surface area contributed by atoms with Gasteiger partial charge in [-0.3, -0.25) is 18.9 Å². The highest BCUT2D eigenvalue weighted by atomic mass is 31.2. The number of aliphatic hydroxyl groups excluding tert-OH is 1. The van der Waals surface area contributed by atoms with Gasteiger partial charge in [0.25, 0.3) is 5.56 Å². The van der Waals surface area contributed by atoms with Crippen molar-refractivity contribution in [3.05, 3.63) is 33.1 Å². The number of phosphoric ester groups is 1. The molecule has 4 atom stereocenters. The van der Waals surface area contributed by atoms with Crippen molar-refractivity contribution in [3.8, 4) is 0 Å². The van der Waals surface area contributed by atoms with Gasteiger partial charge in [-0.15, -0.1) is 0 Å². The number of hydrogen-bond acceptors (Lipinski definition) is 6. The number of halogens is 1. The summed E-state index contributed by atoms with van der Waals surface area (Å²) in [5, 5.41) is 9.61. The van der Waals surface area contributed by atoms with Crippen LogP contribution in [0.2, 0.25) is 0 Å². The Hall–Kier alpha value is -1.36. The summed E-state index contributed by atoms with van der Waals surface area (Å²) >= 11 is 0. The van der Waals surface area contributed by atoms with E-state index in [4.69, 9.17) is 14.5 Å². The Morgan fingerprint density at radius 1 is 1.48 bits per heavy atom. The molecule has 4 N–H and O–H groups in total. The molecule has 118 valence electrons. The molecule has 0 spiro atoms. The van der Waals surface area contributed by atoms with Crippen LogP contribution in [0.4, 0.5) is 4.39 Å². The van der Waals surface area contributed by atoms with Crippen molar-refractivity contribution in [3.63, 3.8) is 0 Å². The van der Waals surface area contributed by atoms with E-state index in [0.717, 1.165) is 12.3 Å². The van der Waals surface area contributed by atoms with Gasteiger partial charge in [-0.2, -0.15) is 0 Å². The number of hydrogen-bond donors (Lipinski definition) is 4. The van der Waals surface area contributed by atoms with Crippen molar-refractivity contribution in [1.82, 2.24) is 9.55 Å².